The van der Waals surface area contributed by atoms with Crippen molar-refractivity contribution in [1.29, 1.82) is 0 Å². The van der Waals surface area contributed by atoms with Gasteiger partial charge in [0.1, 0.15) is 5.75 Å². The summed E-state index contributed by atoms with van der Waals surface area (Å²) < 4.78 is 29.3. The first-order chi connectivity index (χ1) is 10.3. The molecule has 0 aliphatic rings. The van der Waals surface area contributed by atoms with E-state index >= 15 is 0 Å². The molecule has 124 valence electrons. The molecule has 0 unspecified atom stereocenters. The standard InChI is InChI=1S/C16H25NO4S/c1-13(2)21-10-4-9-17-16(18)12-22(19,20)11-15-7-5-14(3)6-8-15/h5-8,13H,4,9-12H2,1-3H3,(H,17,18). The molecule has 0 spiro atoms. The fourth-order valence-corrected chi connectivity index (χ4v) is 3.16. The lowest BCUT2D eigenvalue weighted by molar-refractivity contribution is -0.118. The quantitative estimate of drug-likeness (QED) is 0.703. The summed E-state index contributed by atoms with van der Waals surface area (Å²) in [5.41, 5.74) is 1.77. The van der Waals surface area contributed by atoms with Gasteiger partial charge in [-0.05, 0) is 32.8 Å². The zero-order valence-corrected chi connectivity index (χ0v) is 14.3. The van der Waals surface area contributed by atoms with Crippen LogP contribution in [0.4, 0.5) is 0 Å². The highest BCUT2D eigenvalue weighted by atomic mass is 32.2. The van der Waals surface area contributed by atoms with E-state index in [2.05, 4.69) is 5.32 Å². The van der Waals surface area contributed by atoms with E-state index in [1.807, 2.05) is 32.9 Å². The molecule has 0 aliphatic carbocycles. The van der Waals surface area contributed by atoms with Crippen molar-refractivity contribution in [3.8, 4) is 0 Å². The minimum Gasteiger partial charge on any atom is -0.379 e. The van der Waals surface area contributed by atoms with E-state index in [9.17, 15) is 13.2 Å². The first-order valence-electron chi connectivity index (χ1n) is 7.43. The monoisotopic (exact) mass is 327 g/mol. The van der Waals surface area contributed by atoms with E-state index in [0.717, 1.165) is 5.56 Å². The van der Waals surface area contributed by atoms with Crippen molar-refractivity contribution in [2.45, 2.75) is 39.0 Å². The van der Waals surface area contributed by atoms with Crippen LogP contribution >= 0.6 is 0 Å². The van der Waals surface area contributed by atoms with Gasteiger partial charge in [0.15, 0.2) is 9.84 Å². The molecule has 22 heavy (non-hydrogen) atoms. The van der Waals surface area contributed by atoms with Gasteiger partial charge in [-0.1, -0.05) is 29.8 Å². The van der Waals surface area contributed by atoms with Crippen molar-refractivity contribution >= 4 is 15.7 Å². The summed E-state index contributed by atoms with van der Waals surface area (Å²) in [5.74, 6) is -1.06. The minimum atomic E-state index is -3.45. The van der Waals surface area contributed by atoms with Gasteiger partial charge in [0.25, 0.3) is 0 Å². The molecule has 1 aromatic carbocycles. The average Bonchev–Trinajstić information content (AvgIpc) is 2.39. The lowest BCUT2D eigenvalue weighted by Gasteiger charge is -2.09. The summed E-state index contributed by atoms with van der Waals surface area (Å²) in [7, 11) is -3.45. The van der Waals surface area contributed by atoms with Crippen molar-refractivity contribution < 1.29 is 17.9 Å². The Labute approximate surface area is 133 Å². The maximum absolute atomic E-state index is 12.0. The SMILES string of the molecule is Cc1ccc(CS(=O)(=O)CC(=O)NCCCOC(C)C)cc1. The van der Waals surface area contributed by atoms with E-state index < -0.39 is 21.5 Å². The Kier molecular flexibility index (Phi) is 7.55. The molecule has 0 bridgehead atoms. The van der Waals surface area contributed by atoms with Crippen molar-refractivity contribution in [3.63, 3.8) is 0 Å². The molecule has 1 N–H and O–H groups in total. The predicted octanol–water partition coefficient (Wildman–Crippen LogP) is 1.84. The van der Waals surface area contributed by atoms with Crippen LogP contribution in [0.25, 0.3) is 0 Å². The van der Waals surface area contributed by atoms with Crippen molar-refractivity contribution in [2.24, 2.45) is 0 Å². The van der Waals surface area contributed by atoms with Crippen LogP contribution in [0.15, 0.2) is 24.3 Å². The minimum absolute atomic E-state index is 0.114. The van der Waals surface area contributed by atoms with Gasteiger partial charge >= 0.3 is 0 Å². The van der Waals surface area contributed by atoms with Gasteiger partial charge in [-0.15, -0.1) is 0 Å². The number of ether oxygens (including phenoxy) is 1. The van der Waals surface area contributed by atoms with E-state index in [4.69, 9.17) is 4.74 Å². The number of benzene rings is 1. The smallest absolute Gasteiger partial charge is 0.235 e. The van der Waals surface area contributed by atoms with Crippen LogP contribution in [-0.2, 0) is 25.1 Å². The Morgan fingerprint density at radius 1 is 1.23 bits per heavy atom. The van der Waals surface area contributed by atoms with E-state index in [-0.39, 0.29) is 11.9 Å². The molecule has 0 aliphatic heterocycles. The Balaban J connectivity index is 2.34. The molecule has 0 saturated carbocycles. The molecule has 1 rings (SSSR count). The van der Waals surface area contributed by atoms with Crippen LogP contribution in [0.5, 0.6) is 0 Å². The molecule has 0 atom stereocenters. The number of amides is 1. The van der Waals surface area contributed by atoms with Crippen LogP contribution in [-0.4, -0.2) is 39.3 Å². The third kappa shape index (κ3) is 8.14. The van der Waals surface area contributed by atoms with Crippen molar-refractivity contribution in [2.75, 3.05) is 18.9 Å². The number of hydrogen-bond donors (Lipinski definition) is 1. The highest BCUT2D eigenvalue weighted by Gasteiger charge is 2.17. The topological polar surface area (TPSA) is 72.5 Å². The highest BCUT2D eigenvalue weighted by Crippen LogP contribution is 2.08. The Bertz CT molecular complexity index is 564. The Morgan fingerprint density at radius 2 is 1.86 bits per heavy atom. The van der Waals surface area contributed by atoms with Gasteiger partial charge in [0.2, 0.25) is 5.91 Å². The van der Waals surface area contributed by atoms with Gasteiger partial charge in [-0.3, -0.25) is 4.79 Å². The van der Waals surface area contributed by atoms with E-state index in [1.54, 1.807) is 12.1 Å². The fourth-order valence-electron chi connectivity index (χ4n) is 1.86. The largest absolute Gasteiger partial charge is 0.379 e. The van der Waals surface area contributed by atoms with Crippen LogP contribution in [0, 0.1) is 6.92 Å². The van der Waals surface area contributed by atoms with Crippen LogP contribution in [0.1, 0.15) is 31.4 Å². The Hall–Kier alpha value is -1.40. The van der Waals surface area contributed by atoms with Crippen molar-refractivity contribution in [1.82, 2.24) is 5.32 Å². The first-order valence-corrected chi connectivity index (χ1v) is 9.25. The number of nitrogens with one attached hydrogen (secondary N) is 1. The second-order valence-corrected chi connectivity index (χ2v) is 7.71. The van der Waals surface area contributed by atoms with Crippen LogP contribution < -0.4 is 5.32 Å². The summed E-state index contributed by atoms with van der Waals surface area (Å²) >= 11 is 0. The molecule has 5 nitrogen and oxygen atoms in total. The maximum Gasteiger partial charge on any atom is 0.235 e. The number of carbonyl (C=O) groups is 1. The second-order valence-electron chi connectivity index (χ2n) is 5.64. The number of rotatable bonds is 9. The average molecular weight is 327 g/mol. The second kappa shape index (κ2) is 8.90. The summed E-state index contributed by atoms with van der Waals surface area (Å²) in [5, 5.41) is 2.61. The zero-order chi connectivity index (χ0) is 16.6. The molecular weight excluding hydrogens is 302 g/mol. The van der Waals surface area contributed by atoms with E-state index in [0.29, 0.717) is 25.1 Å². The molecule has 0 saturated heterocycles. The zero-order valence-electron chi connectivity index (χ0n) is 13.5. The Morgan fingerprint density at radius 3 is 2.45 bits per heavy atom. The molecule has 1 amide bonds. The van der Waals surface area contributed by atoms with Gasteiger partial charge in [0, 0.05) is 13.2 Å². The predicted molar refractivity (Wildman–Crippen MR) is 87.4 cm³/mol. The molecule has 1 aromatic rings. The molecule has 0 fully saturated rings. The van der Waals surface area contributed by atoms with Gasteiger partial charge in [-0.25, -0.2) is 8.42 Å². The molecule has 0 radical (unpaired) electrons. The first kappa shape index (κ1) is 18.6. The molecule has 0 heterocycles. The number of aryl methyl sites for hydroxylation is 1. The lowest BCUT2D eigenvalue weighted by atomic mass is 10.2. The summed E-state index contributed by atoms with van der Waals surface area (Å²) in [6.45, 7) is 6.79. The summed E-state index contributed by atoms with van der Waals surface area (Å²) in [6.07, 6.45) is 0.827. The summed E-state index contributed by atoms with van der Waals surface area (Å²) in [4.78, 5) is 11.7. The summed E-state index contributed by atoms with van der Waals surface area (Å²) in [6, 6.07) is 7.27. The number of sulfone groups is 1. The number of carbonyl (C=O) groups excluding carboxylic acids is 1. The molecular formula is C16H25NO4S. The lowest BCUT2D eigenvalue weighted by Crippen LogP contribution is -2.32. The van der Waals surface area contributed by atoms with E-state index in [1.165, 1.54) is 0 Å². The maximum atomic E-state index is 12.0. The van der Waals surface area contributed by atoms with Gasteiger partial charge < -0.3 is 10.1 Å². The third-order valence-electron chi connectivity index (χ3n) is 2.95. The normalized spacial score (nSPS) is 11.6. The van der Waals surface area contributed by atoms with Crippen molar-refractivity contribution in [3.05, 3.63) is 35.4 Å². The fraction of sp³-hybridized carbons (Fsp3) is 0.562. The highest BCUT2D eigenvalue weighted by molar-refractivity contribution is 7.91. The van der Waals surface area contributed by atoms with Crippen LogP contribution in [0.3, 0.4) is 0 Å². The number of hydrogen-bond acceptors (Lipinski definition) is 4. The van der Waals surface area contributed by atoms with Gasteiger partial charge in [-0.2, -0.15) is 0 Å². The molecule has 0 aromatic heterocycles. The third-order valence-corrected chi connectivity index (χ3v) is 4.43. The van der Waals surface area contributed by atoms with Gasteiger partial charge in [0.05, 0.1) is 11.9 Å². The van der Waals surface area contributed by atoms with Crippen LogP contribution in [0.2, 0.25) is 0 Å². The molecule has 6 heteroatoms.